The molecule has 4 N–H and O–H groups in total. The maximum atomic E-state index is 12.1. The molecule has 0 aliphatic heterocycles. The molecule has 22 heavy (non-hydrogen) atoms. The lowest BCUT2D eigenvalue weighted by atomic mass is 9.55. The molecule has 1 spiro atoms. The Hall–Kier alpha value is -1.27. The largest absolute Gasteiger partial charge is 0.393 e. The van der Waals surface area contributed by atoms with E-state index >= 15 is 0 Å². The van der Waals surface area contributed by atoms with Crippen LogP contribution in [-0.2, 0) is 4.79 Å². The van der Waals surface area contributed by atoms with E-state index in [-0.39, 0.29) is 6.42 Å². The van der Waals surface area contributed by atoms with Gasteiger partial charge in [-0.2, -0.15) is 0 Å². The van der Waals surface area contributed by atoms with Crippen molar-refractivity contribution in [2.75, 3.05) is 0 Å². The van der Waals surface area contributed by atoms with Crippen LogP contribution in [0.15, 0.2) is 30.3 Å². The summed E-state index contributed by atoms with van der Waals surface area (Å²) in [6.45, 7) is 0. The summed E-state index contributed by atoms with van der Waals surface area (Å²) in [6, 6.07) is 9.20. The predicted molar refractivity (Wildman–Crippen MR) is 79.1 cm³/mol. The van der Waals surface area contributed by atoms with E-state index in [1.54, 1.807) is 0 Å². The van der Waals surface area contributed by atoms with E-state index in [0.717, 1.165) is 5.56 Å². The Labute approximate surface area is 129 Å². The smallest absolute Gasteiger partial charge is 0.190 e. The van der Waals surface area contributed by atoms with Crippen molar-refractivity contribution >= 4 is 5.78 Å². The van der Waals surface area contributed by atoms with Crippen LogP contribution in [0.3, 0.4) is 0 Å². The number of aliphatic hydroxyl groups excluding tert-OH is 4. The van der Waals surface area contributed by atoms with Crippen LogP contribution < -0.4 is 0 Å². The van der Waals surface area contributed by atoms with E-state index in [1.165, 1.54) is 0 Å². The number of rotatable bonds is 1. The van der Waals surface area contributed by atoms with Crippen molar-refractivity contribution in [3.05, 3.63) is 35.9 Å². The number of carbonyl (C=O) groups excluding carboxylic acids is 1. The summed E-state index contributed by atoms with van der Waals surface area (Å²) in [5.74, 6) is -1.09. The Morgan fingerprint density at radius 1 is 0.909 bits per heavy atom. The van der Waals surface area contributed by atoms with Crippen LogP contribution >= 0.6 is 0 Å². The summed E-state index contributed by atoms with van der Waals surface area (Å²) in [7, 11) is 0. The molecule has 0 amide bonds. The molecule has 0 radical (unpaired) electrons. The second-order valence-electron chi connectivity index (χ2n) is 6.77. The highest BCUT2D eigenvalue weighted by Crippen LogP contribution is 2.54. The zero-order chi connectivity index (χ0) is 15.9. The van der Waals surface area contributed by atoms with Crippen LogP contribution in [0.2, 0.25) is 0 Å². The highest BCUT2D eigenvalue weighted by Gasteiger charge is 2.55. The average molecular weight is 306 g/mol. The molecule has 2 saturated carbocycles. The third kappa shape index (κ3) is 2.58. The molecule has 0 saturated heterocycles. The summed E-state index contributed by atoms with van der Waals surface area (Å²) < 4.78 is 0. The predicted octanol–water partition coefficient (Wildman–Crippen LogP) is 0.357. The standard InChI is InChI=1S/C17H22O5/c18-11-6-12(19)8-17(7-11)9-13(20)15(21)16(22)14(17)10-4-2-1-3-5-10/h1-5,11-14,16,18-20,22H,6-9H2. The highest BCUT2D eigenvalue weighted by atomic mass is 16.3. The van der Waals surface area contributed by atoms with Crippen molar-refractivity contribution in [1.82, 2.24) is 0 Å². The van der Waals surface area contributed by atoms with Crippen LogP contribution in [0, 0.1) is 5.41 Å². The first kappa shape index (κ1) is 15.6. The van der Waals surface area contributed by atoms with Gasteiger partial charge in [-0.05, 0) is 36.7 Å². The molecule has 2 fully saturated rings. The lowest BCUT2D eigenvalue weighted by molar-refractivity contribution is -0.157. The third-order valence-electron chi connectivity index (χ3n) is 5.18. The Balaban J connectivity index is 2.05. The summed E-state index contributed by atoms with van der Waals surface area (Å²) in [5, 5.41) is 40.7. The average Bonchev–Trinajstić information content (AvgIpc) is 2.45. The van der Waals surface area contributed by atoms with Crippen molar-refractivity contribution in [2.45, 2.75) is 56.0 Å². The molecule has 5 atom stereocenters. The Kier molecular flexibility index (Phi) is 4.07. The molecule has 5 nitrogen and oxygen atoms in total. The lowest BCUT2D eigenvalue weighted by Gasteiger charge is -2.52. The molecule has 5 heteroatoms. The van der Waals surface area contributed by atoms with Crippen molar-refractivity contribution in [3.8, 4) is 0 Å². The minimum absolute atomic E-state index is 0.163. The maximum absolute atomic E-state index is 12.1. The molecule has 120 valence electrons. The molecule has 0 bridgehead atoms. The van der Waals surface area contributed by atoms with Gasteiger partial charge in [-0.1, -0.05) is 30.3 Å². The Morgan fingerprint density at radius 2 is 1.50 bits per heavy atom. The van der Waals surface area contributed by atoms with Gasteiger partial charge in [0.15, 0.2) is 5.78 Å². The zero-order valence-corrected chi connectivity index (χ0v) is 12.3. The van der Waals surface area contributed by atoms with Gasteiger partial charge < -0.3 is 20.4 Å². The fourth-order valence-electron chi connectivity index (χ4n) is 4.43. The molecule has 2 aliphatic rings. The fraction of sp³-hybridized carbons (Fsp3) is 0.588. The number of benzene rings is 1. The van der Waals surface area contributed by atoms with Gasteiger partial charge in [-0.25, -0.2) is 0 Å². The van der Waals surface area contributed by atoms with Gasteiger partial charge >= 0.3 is 0 Å². The first-order valence-corrected chi connectivity index (χ1v) is 7.74. The minimum atomic E-state index is -1.32. The lowest BCUT2D eigenvalue weighted by Crippen LogP contribution is -2.55. The summed E-state index contributed by atoms with van der Waals surface area (Å²) in [4.78, 5) is 12.1. The van der Waals surface area contributed by atoms with Gasteiger partial charge in [0, 0.05) is 5.92 Å². The quantitative estimate of drug-likeness (QED) is 0.600. The van der Waals surface area contributed by atoms with E-state index in [1.807, 2.05) is 30.3 Å². The van der Waals surface area contributed by atoms with Crippen LogP contribution in [0.1, 0.15) is 37.2 Å². The number of aliphatic hydroxyl groups is 4. The van der Waals surface area contributed by atoms with Crippen molar-refractivity contribution < 1.29 is 25.2 Å². The third-order valence-corrected chi connectivity index (χ3v) is 5.18. The second-order valence-corrected chi connectivity index (χ2v) is 6.77. The fourth-order valence-corrected chi connectivity index (χ4v) is 4.43. The van der Waals surface area contributed by atoms with E-state index in [9.17, 15) is 25.2 Å². The molecule has 0 aromatic heterocycles. The van der Waals surface area contributed by atoms with Gasteiger partial charge in [-0.15, -0.1) is 0 Å². The van der Waals surface area contributed by atoms with Gasteiger partial charge in [0.05, 0.1) is 12.2 Å². The topological polar surface area (TPSA) is 98.0 Å². The van der Waals surface area contributed by atoms with Crippen molar-refractivity contribution in [1.29, 1.82) is 0 Å². The second kappa shape index (κ2) is 5.74. The summed E-state index contributed by atoms with van der Waals surface area (Å²) >= 11 is 0. The normalized spacial score (nSPS) is 42.5. The first-order chi connectivity index (χ1) is 10.4. The molecule has 1 aromatic rings. The number of ketones is 1. The molecule has 2 aliphatic carbocycles. The van der Waals surface area contributed by atoms with Crippen LogP contribution in [0.25, 0.3) is 0 Å². The summed E-state index contributed by atoms with van der Waals surface area (Å²) in [6.07, 6.45) is -2.75. The summed E-state index contributed by atoms with van der Waals surface area (Å²) in [5.41, 5.74) is 0.127. The van der Waals surface area contributed by atoms with Crippen molar-refractivity contribution in [2.24, 2.45) is 5.41 Å². The zero-order valence-electron chi connectivity index (χ0n) is 12.3. The van der Waals surface area contributed by atoms with Crippen LogP contribution in [0.5, 0.6) is 0 Å². The van der Waals surface area contributed by atoms with E-state index < -0.39 is 41.5 Å². The van der Waals surface area contributed by atoms with Crippen LogP contribution in [-0.4, -0.2) is 50.6 Å². The van der Waals surface area contributed by atoms with Gasteiger partial charge in [0.1, 0.15) is 12.2 Å². The first-order valence-electron chi connectivity index (χ1n) is 7.74. The number of Topliss-reactive ketones (excluding diaryl/α,β-unsaturated/α-hetero) is 1. The minimum Gasteiger partial charge on any atom is -0.393 e. The van der Waals surface area contributed by atoms with E-state index in [2.05, 4.69) is 0 Å². The molecule has 3 rings (SSSR count). The molecular weight excluding hydrogens is 284 g/mol. The molecule has 1 aromatic carbocycles. The van der Waals surface area contributed by atoms with Gasteiger partial charge in [0.2, 0.25) is 0 Å². The number of hydrogen-bond acceptors (Lipinski definition) is 5. The Bertz CT molecular complexity index is 533. The molecule has 0 heterocycles. The van der Waals surface area contributed by atoms with Gasteiger partial charge in [-0.3, -0.25) is 4.79 Å². The monoisotopic (exact) mass is 306 g/mol. The van der Waals surface area contributed by atoms with Gasteiger partial charge in [0.25, 0.3) is 0 Å². The number of carbonyl (C=O) groups is 1. The van der Waals surface area contributed by atoms with E-state index in [4.69, 9.17) is 0 Å². The number of hydrogen-bond donors (Lipinski definition) is 4. The van der Waals surface area contributed by atoms with Crippen molar-refractivity contribution in [3.63, 3.8) is 0 Å². The molecule has 5 unspecified atom stereocenters. The molecular formula is C17H22O5. The Morgan fingerprint density at radius 3 is 2.09 bits per heavy atom. The van der Waals surface area contributed by atoms with Crippen LogP contribution in [0.4, 0.5) is 0 Å². The maximum Gasteiger partial charge on any atom is 0.190 e. The van der Waals surface area contributed by atoms with E-state index in [0.29, 0.717) is 19.3 Å². The highest BCUT2D eigenvalue weighted by molar-refractivity contribution is 5.89. The SMILES string of the molecule is O=C1C(O)CC2(CC(O)CC(O)C2)C(c2ccccc2)C1O.